The number of rotatable bonds is 4. The molecule has 0 spiro atoms. The van der Waals surface area contributed by atoms with Gasteiger partial charge in [-0.15, -0.1) is 0 Å². The Labute approximate surface area is 185 Å². The van der Waals surface area contributed by atoms with Gasteiger partial charge in [0.15, 0.2) is 0 Å². The Morgan fingerprint density at radius 3 is 2.47 bits per heavy atom. The Kier molecular flexibility index (Phi) is 6.64. The summed E-state index contributed by atoms with van der Waals surface area (Å²) < 4.78 is 0. The first-order valence-electron chi connectivity index (χ1n) is 11.1. The molecular formula is C25H32ClN3O. The number of hydrogen-bond acceptors (Lipinski definition) is 3. The van der Waals surface area contributed by atoms with Gasteiger partial charge in [0.05, 0.1) is 0 Å². The van der Waals surface area contributed by atoms with Gasteiger partial charge in [-0.1, -0.05) is 36.7 Å². The topological polar surface area (TPSA) is 26.8 Å². The van der Waals surface area contributed by atoms with Gasteiger partial charge in [0, 0.05) is 55.5 Å². The van der Waals surface area contributed by atoms with Gasteiger partial charge in [0.2, 0.25) is 0 Å². The predicted molar refractivity (Wildman–Crippen MR) is 124 cm³/mol. The molecule has 2 aliphatic heterocycles. The van der Waals surface area contributed by atoms with E-state index in [0.29, 0.717) is 0 Å². The second-order valence-corrected chi connectivity index (χ2v) is 9.33. The zero-order chi connectivity index (χ0) is 21.1. The Morgan fingerprint density at radius 2 is 1.77 bits per heavy atom. The van der Waals surface area contributed by atoms with Crippen molar-refractivity contribution in [1.29, 1.82) is 0 Å². The van der Waals surface area contributed by atoms with Crippen molar-refractivity contribution in [2.24, 2.45) is 5.92 Å². The largest absolute Gasteiger partial charge is 0.368 e. The van der Waals surface area contributed by atoms with Crippen LogP contribution in [-0.2, 0) is 6.54 Å². The number of nitrogens with zero attached hydrogens (tertiary/aromatic N) is 3. The van der Waals surface area contributed by atoms with Crippen LogP contribution in [-0.4, -0.2) is 55.0 Å². The molecular weight excluding hydrogens is 394 g/mol. The molecule has 0 radical (unpaired) electrons. The zero-order valence-electron chi connectivity index (χ0n) is 18.1. The van der Waals surface area contributed by atoms with Crippen molar-refractivity contribution in [3.63, 3.8) is 0 Å². The van der Waals surface area contributed by atoms with Crippen molar-refractivity contribution in [3.05, 3.63) is 64.2 Å². The van der Waals surface area contributed by atoms with E-state index < -0.39 is 0 Å². The van der Waals surface area contributed by atoms with Crippen LogP contribution in [0.15, 0.2) is 42.5 Å². The number of piperazine rings is 1. The second kappa shape index (κ2) is 9.40. The summed E-state index contributed by atoms with van der Waals surface area (Å²) in [7, 11) is 0. The highest BCUT2D eigenvalue weighted by Gasteiger charge is 2.23. The lowest BCUT2D eigenvalue weighted by Crippen LogP contribution is -2.49. The van der Waals surface area contributed by atoms with Crippen molar-refractivity contribution in [3.8, 4) is 0 Å². The number of hydrogen-bond donors (Lipinski definition) is 0. The molecule has 30 heavy (non-hydrogen) atoms. The maximum absolute atomic E-state index is 13.0. The average Bonchev–Trinajstić information content (AvgIpc) is 2.76. The van der Waals surface area contributed by atoms with E-state index in [4.69, 9.17) is 11.6 Å². The summed E-state index contributed by atoms with van der Waals surface area (Å²) in [6.45, 7) is 10.9. The average molecular weight is 426 g/mol. The van der Waals surface area contributed by atoms with Crippen molar-refractivity contribution in [2.45, 2.75) is 33.2 Å². The molecule has 2 heterocycles. The quantitative estimate of drug-likeness (QED) is 0.701. The first kappa shape index (κ1) is 21.2. The van der Waals surface area contributed by atoms with Gasteiger partial charge in [0.1, 0.15) is 0 Å². The maximum atomic E-state index is 13.0. The molecule has 2 aromatic rings. The van der Waals surface area contributed by atoms with E-state index in [1.54, 1.807) is 0 Å². The molecule has 0 N–H and O–H groups in total. The highest BCUT2D eigenvalue weighted by Crippen LogP contribution is 2.26. The summed E-state index contributed by atoms with van der Waals surface area (Å²) in [6, 6.07) is 14.3. The first-order valence-corrected chi connectivity index (χ1v) is 11.5. The standard InChI is InChI=1S/C25H32ClN3O/c1-19-4-3-11-27(17-19)18-21-6-8-22(9-7-21)25(30)29-14-12-28(13-15-29)24-16-23(26)10-5-20(24)2/h5-10,16,19H,3-4,11-15,17-18H2,1-2H3. The smallest absolute Gasteiger partial charge is 0.253 e. The predicted octanol–water partition coefficient (Wildman–Crippen LogP) is 4.84. The molecule has 0 saturated carbocycles. The summed E-state index contributed by atoms with van der Waals surface area (Å²) in [5, 5.41) is 0.758. The lowest BCUT2D eigenvalue weighted by Gasteiger charge is -2.37. The number of carbonyl (C=O) groups is 1. The van der Waals surface area contributed by atoms with E-state index >= 15 is 0 Å². The lowest BCUT2D eigenvalue weighted by atomic mass is 9.99. The molecule has 2 fully saturated rings. The Hall–Kier alpha value is -2.04. The fourth-order valence-electron chi connectivity index (χ4n) is 4.70. The third-order valence-electron chi connectivity index (χ3n) is 6.43. The fourth-order valence-corrected chi connectivity index (χ4v) is 4.86. The number of carbonyl (C=O) groups excluding carboxylic acids is 1. The molecule has 4 rings (SSSR count). The number of benzene rings is 2. The van der Waals surface area contributed by atoms with Gasteiger partial charge in [-0.25, -0.2) is 0 Å². The minimum Gasteiger partial charge on any atom is -0.368 e. The molecule has 4 nitrogen and oxygen atoms in total. The molecule has 5 heteroatoms. The fraction of sp³-hybridized carbons (Fsp3) is 0.480. The highest BCUT2D eigenvalue weighted by atomic mass is 35.5. The van der Waals surface area contributed by atoms with E-state index in [9.17, 15) is 4.79 Å². The number of likely N-dealkylation sites (tertiary alicyclic amines) is 1. The molecule has 160 valence electrons. The maximum Gasteiger partial charge on any atom is 0.253 e. The lowest BCUT2D eigenvalue weighted by molar-refractivity contribution is 0.0746. The van der Waals surface area contributed by atoms with Crippen molar-refractivity contribution >= 4 is 23.2 Å². The van der Waals surface area contributed by atoms with E-state index in [2.05, 4.69) is 41.8 Å². The Morgan fingerprint density at radius 1 is 1.03 bits per heavy atom. The number of aryl methyl sites for hydroxylation is 1. The van der Waals surface area contributed by atoms with E-state index in [-0.39, 0.29) is 5.91 Å². The van der Waals surface area contributed by atoms with Crippen LogP contribution < -0.4 is 4.90 Å². The van der Waals surface area contributed by atoms with Crippen molar-refractivity contribution < 1.29 is 4.79 Å². The second-order valence-electron chi connectivity index (χ2n) is 8.89. The van der Waals surface area contributed by atoms with Gasteiger partial charge in [-0.2, -0.15) is 0 Å². The van der Waals surface area contributed by atoms with Crippen LogP contribution in [0.2, 0.25) is 5.02 Å². The van der Waals surface area contributed by atoms with Gasteiger partial charge < -0.3 is 9.80 Å². The molecule has 1 amide bonds. The molecule has 2 aliphatic rings. The molecule has 0 bridgehead atoms. The van der Waals surface area contributed by atoms with Crippen LogP contribution in [0.5, 0.6) is 0 Å². The molecule has 2 aromatic carbocycles. The monoisotopic (exact) mass is 425 g/mol. The molecule has 1 unspecified atom stereocenters. The summed E-state index contributed by atoms with van der Waals surface area (Å²) >= 11 is 6.18. The third-order valence-corrected chi connectivity index (χ3v) is 6.66. The number of anilines is 1. The Balaban J connectivity index is 1.33. The van der Waals surface area contributed by atoms with Crippen LogP contribution in [0, 0.1) is 12.8 Å². The van der Waals surface area contributed by atoms with Crippen LogP contribution in [0.3, 0.4) is 0 Å². The minimum absolute atomic E-state index is 0.135. The van der Waals surface area contributed by atoms with Crippen LogP contribution in [0.4, 0.5) is 5.69 Å². The number of amides is 1. The zero-order valence-corrected chi connectivity index (χ0v) is 18.9. The SMILES string of the molecule is Cc1ccc(Cl)cc1N1CCN(C(=O)c2ccc(CN3CCCC(C)C3)cc2)CC1. The number of piperidine rings is 1. The van der Waals surface area contributed by atoms with Crippen molar-refractivity contribution in [2.75, 3.05) is 44.2 Å². The first-order chi connectivity index (χ1) is 14.5. The number of halogens is 1. The summed E-state index contributed by atoms with van der Waals surface area (Å²) in [5.74, 6) is 0.921. The molecule has 2 saturated heterocycles. The van der Waals surface area contributed by atoms with Gasteiger partial charge >= 0.3 is 0 Å². The van der Waals surface area contributed by atoms with Crippen molar-refractivity contribution in [1.82, 2.24) is 9.80 Å². The molecule has 0 aliphatic carbocycles. The normalized spacial score (nSPS) is 20.4. The highest BCUT2D eigenvalue weighted by molar-refractivity contribution is 6.30. The van der Waals surface area contributed by atoms with Crippen LogP contribution >= 0.6 is 11.6 Å². The van der Waals surface area contributed by atoms with Gasteiger partial charge in [-0.3, -0.25) is 9.69 Å². The van der Waals surface area contributed by atoms with Gasteiger partial charge in [-0.05, 0) is 67.6 Å². The third kappa shape index (κ3) is 4.98. The van der Waals surface area contributed by atoms with Crippen LogP contribution in [0.25, 0.3) is 0 Å². The Bertz CT molecular complexity index is 874. The van der Waals surface area contributed by atoms with E-state index in [0.717, 1.165) is 49.2 Å². The summed E-state index contributed by atoms with van der Waals surface area (Å²) in [6.07, 6.45) is 2.63. The van der Waals surface area contributed by atoms with E-state index in [1.807, 2.05) is 29.2 Å². The minimum atomic E-state index is 0.135. The summed E-state index contributed by atoms with van der Waals surface area (Å²) in [5.41, 5.74) is 4.48. The van der Waals surface area contributed by atoms with E-state index in [1.165, 1.54) is 42.7 Å². The molecule has 1 atom stereocenters. The van der Waals surface area contributed by atoms with Crippen LogP contribution in [0.1, 0.15) is 41.3 Å². The molecule has 0 aromatic heterocycles. The van der Waals surface area contributed by atoms with Gasteiger partial charge in [0.25, 0.3) is 5.91 Å². The summed E-state index contributed by atoms with van der Waals surface area (Å²) in [4.78, 5) is 19.8.